The molecule has 3 heterocycles. The van der Waals surface area contributed by atoms with Crippen molar-refractivity contribution in [2.45, 2.75) is 0 Å². The van der Waals surface area contributed by atoms with Crippen LogP contribution in [0.15, 0.2) is 85.2 Å². The van der Waals surface area contributed by atoms with Crippen molar-refractivity contribution in [1.82, 2.24) is 20.2 Å². The molecule has 160 valence electrons. The summed E-state index contributed by atoms with van der Waals surface area (Å²) in [6, 6.07) is 22.8. The Morgan fingerprint density at radius 1 is 0.788 bits per heavy atom. The summed E-state index contributed by atoms with van der Waals surface area (Å²) in [7, 11) is 1.63. The minimum Gasteiger partial charge on any atom is -0.495 e. The van der Waals surface area contributed by atoms with Gasteiger partial charge in [0.05, 0.1) is 24.5 Å². The van der Waals surface area contributed by atoms with Crippen molar-refractivity contribution in [3.05, 3.63) is 91.0 Å². The number of hydrogen-bond acceptors (Lipinski definition) is 3. The number of ether oxygens (including phenoxy) is 1. The van der Waals surface area contributed by atoms with E-state index in [1.165, 1.54) is 6.07 Å². The lowest BCUT2D eigenvalue weighted by atomic mass is 10.0. The summed E-state index contributed by atoms with van der Waals surface area (Å²) in [6.07, 6.45) is 3.50. The second-order valence-electron chi connectivity index (χ2n) is 7.91. The lowest BCUT2D eigenvalue weighted by Gasteiger charge is -2.04. The summed E-state index contributed by atoms with van der Waals surface area (Å²) in [5.74, 6) is 0.457. The van der Waals surface area contributed by atoms with Gasteiger partial charge in [-0.1, -0.05) is 30.3 Å². The molecule has 0 aliphatic carbocycles. The molecule has 6 heteroatoms. The predicted octanol–water partition coefficient (Wildman–Crippen LogP) is 6.59. The molecule has 0 saturated carbocycles. The molecule has 0 spiro atoms. The van der Waals surface area contributed by atoms with E-state index in [1.807, 2.05) is 48.7 Å². The second kappa shape index (κ2) is 7.60. The van der Waals surface area contributed by atoms with Crippen LogP contribution < -0.4 is 4.74 Å². The molecule has 0 atom stereocenters. The van der Waals surface area contributed by atoms with E-state index in [1.54, 1.807) is 25.4 Å². The quantitative estimate of drug-likeness (QED) is 0.329. The van der Waals surface area contributed by atoms with Gasteiger partial charge in [-0.3, -0.25) is 10.1 Å². The van der Waals surface area contributed by atoms with E-state index in [9.17, 15) is 4.39 Å². The number of aromatic nitrogens is 4. The van der Waals surface area contributed by atoms with Crippen LogP contribution >= 0.6 is 0 Å². The monoisotopic (exact) mass is 434 g/mol. The van der Waals surface area contributed by atoms with Gasteiger partial charge in [0.2, 0.25) is 0 Å². The lowest BCUT2D eigenvalue weighted by Crippen LogP contribution is -1.86. The van der Waals surface area contributed by atoms with Crippen LogP contribution in [0.3, 0.4) is 0 Å². The summed E-state index contributed by atoms with van der Waals surface area (Å²) >= 11 is 0. The molecule has 5 nitrogen and oxygen atoms in total. The van der Waals surface area contributed by atoms with Crippen molar-refractivity contribution in [3.63, 3.8) is 0 Å². The average Bonchev–Trinajstić information content (AvgIpc) is 3.47. The van der Waals surface area contributed by atoms with Gasteiger partial charge in [0, 0.05) is 28.0 Å². The number of aromatic amines is 2. The maximum absolute atomic E-state index is 13.8. The second-order valence-corrected chi connectivity index (χ2v) is 7.91. The number of H-pyrrole nitrogens is 2. The van der Waals surface area contributed by atoms with Crippen LogP contribution in [0.1, 0.15) is 0 Å². The summed E-state index contributed by atoms with van der Waals surface area (Å²) in [6.45, 7) is 0. The van der Waals surface area contributed by atoms with Gasteiger partial charge in [-0.05, 0) is 59.2 Å². The molecule has 0 bridgehead atoms. The molecule has 0 aliphatic heterocycles. The van der Waals surface area contributed by atoms with Gasteiger partial charge in [0.1, 0.15) is 17.3 Å². The van der Waals surface area contributed by atoms with E-state index in [-0.39, 0.29) is 5.82 Å². The first kappa shape index (κ1) is 19.3. The highest BCUT2D eigenvalue weighted by Crippen LogP contribution is 2.35. The summed E-state index contributed by atoms with van der Waals surface area (Å²) in [4.78, 5) is 7.76. The number of nitrogens with zero attached hydrogens (tertiary/aromatic N) is 2. The van der Waals surface area contributed by atoms with Gasteiger partial charge in [0.25, 0.3) is 0 Å². The number of halogens is 1. The molecule has 3 aromatic carbocycles. The number of nitrogens with one attached hydrogen (secondary N) is 2. The number of fused-ring (bicyclic) bond motifs is 2. The molecule has 0 unspecified atom stereocenters. The molecule has 33 heavy (non-hydrogen) atoms. The van der Waals surface area contributed by atoms with E-state index in [0.717, 1.165) is 55.4 Å². The Kier molecular flexibility index (Phi) is 4.43. The molecule has 0 saturated heterocycles. The maximum Gasteiger partial charge on any atom is 0.137 e. The number of methoxy groups -OCH3 is 1. The molecular weight excluding hydrogens is 415 g/mol. The van der Waals surface area contributed by atoms with Gasteiger partial charge in [-0.25, -0.2) is 4.39 Å². The Balaban J connectivity index is 1.49. The van der Waals surface area contributed by atoms with Crippen molar-refractivity contribution >= 4 is 21.8 Å². The zero-order valence-electron chi connectivity index (χ0n) is 17.8. The summed E-state index contributed by atoms with van der Waals surface area (Å²) < 4.78 is 19.2. The number of rotatable bonds is 4. The van der Waals surface area contributed by atoms with Crippen molar-refractivity contribution < 1.29 is 9.13 Å². The van der Waals surface area contributed by atoms with Crippen molar-refractivity contribution in [2.75, 3.05) is 7.11 Å². The van der Waals surface area contributed by atoms with E-state index >= 15 is 0 Å². The van der Waals surface area contributed by atoms with Crippen molar-refractivity contribution in [3.8, 4) is 39.4 Å². The molecule has 0 radical (unpaired) electrons. The van der Waals surface area contributed by atoms with Gasteiger partial charge in [-0.15, -0.1) is 0 Å². The van der Waals surface area contributed by atoms with Crippen molar-refractivity contribution in [2.24, 2.45) is 0 Å². The fourth-order valence-corrected chi connectivity index (χ4v) is 4.28. The standard InChI is InChI=1S/C27H19FN4O/c1-33-20-11-18(14-29-15-20)16-8-9-25-23(12-16)27(32-31-25)26-13-22-21(6-3-7-24(22)30-26)17-4-2-5-19(28)10-17/h2-15,30H,1H3,(H,31,32). The number of hydrogen-bond donors (Lipinski definition) is 2. The molecule has 6 aromatic rings. The van der Waals surface area contributed by atoms with Gasteiger partial charge >= 0.3 is 0 Å². The first-order valence-corrected chi connectivity index (χ1v) is 10.6. The predicted molar refractivity (Wildman–Crippen MR) is 129 cm³/mol. The van der Waals surface area contributed by atoms with Crippen LogP contribution in [0.5, 0.6) is 5.75 Å². The van der Waals surface area contributed by atoms with Crippen LogP contribution in [0.25, 0.3) is 55.4 Å². The minimum atomic E-state index is -0.252. The Hall–Kier alpha value is -4.45. The molecule has 0 aliphatic rings. The third-order valence-electron chi connectivity index (χ3n) is 5.90. The third-order valence-corrected chi connectivity index (χ3v) is 5.90. The topological polar surface area (TPSA) is 66.6 Å². The Labute approximate surface area is 188 Å². The van der Waals surface area contributed by atoms with Crippen LogP contribution in [0, 0.1) is 5.82 Å². The Morgan fingerprint density at radius 2 is 1.70 bits per heavy atom. The molecule has 0 fully saturated rings. The molecule has 2 N–H and O–H groups in total. The number of benzene rings is 3. The smallest absolute Gasteiger partial charge is 0.137 e. The highest BCUT2D eigenvalue weighted by Gasteiger charge is 2.14. The fourth-order valence-electron chi connectivity index (χ4n) is 4.28. The SMILES string of the molecule is COc1cncc(-c2ccc3[nH]nc(-c4cc5c(-c6cccc(F)c6)cccc5[nH]4)c3c2)c1. The normalized spacial score (nSPS) is 11.3. The van der Waals surface area contributed by atoms with E-state index in [4.69, 9.17) is 4.74 Å². The van der Waals surface area contributed by atoms with Crippen LogP contribution in [0.4, 0.5) is 4.39 Å². The molecule has 0 amide bonds. The van der Waals surface area contributed by atoms with Gasteiger partial charge in [-0.2, -0.15) is 5.10 Å². The summed E-state index contributed by atoms with van der Waals surface area (Å²) in [5, 5.41) is 9.73. The van der Waals surface area contributed by atoms with Crippen LogP contribution in [0.2, 0.25) is 0 Å². The van der Waals surface area contributed by atoms with Crippen LogP contribution in [-0.4, -0.2) is 27.3 Å². The number of pyridine rings is 1. The highest BCUT2D eigenvalue weighted by molar-refractivity contribution is 6.01. The third kappa shape index (κ3) is 3.32. The molecular formula is C27H19FN4O. The maximum atomic E-state index is 13.8. The summed E-state index contributed by atoms with van der Waals surface area (Å²) in [5.41, 5.74) is 7.42. The largest absolute Gasteiger partial charge is 0.495 e. The molecule has 6 rings (SSSR count). The van der Waals surface area contributed by atoms with Crippen molar-refractivity contribution in [1.29, 1.82) is 0 Å². The highest BCUT2D eigenvalue weighted by atomic mass is 19.1. The first-order valence-electron chi connectivity index (χ1n) is 10.6. The van der Waals surface area contributed by atoms with E-state index < -0.39 is 0 Å². The first-order chi connectivity index (χ1) is 16.2. The zero-order valence-corrected chi connectivity index (χ0v) is 17.8. The fraction of sp³-hybridized carbons (Fsp3) is 0.0370. The molecule has 3 aromatic heterocycles. The average molecular weight is 434 g/mol. The minimum absolute atomic E-state index is 0.252. The van der Waals surface area contributed by atoms with Gasteiger partial charge in [0.15, 0.2) is 0 Å². The Morgan fingerprint density at radius 3 is 2.58 bits per heavy atom. The lowest BCUT2D eigenvalue weighted by molar-refractivity contribution is 0.413. The Bertz CT molecular complexity index is 1630. The van der Waals surface area contributed by atoms with Crippen LogP contribution in [-0.2, 0) is 0 Å². The van der Waals surface area contributed by atoms with Gasteiger partial charge < -0.3 is 9.72 Å². The zero-order chi connectivity index (χ0) is 22.4. The van der Waals surface area contributed by atoms with E-state index in [0.29, 0.717) is 5.75 Å². The van der Waals surface area contributed by atoms with E-state index in [2.05, 4.69) is 32.3 Å².